The lowest BCUT2D eigenvalue weighted by atomic mass is 9.85. The van der Waals surface area contributed by atoms with Crippen LogP contribution < -0.4 is 0 Å². The number of fused-ring (bicyclic) bond motifs is 6. The fourth-order valence-corrected chi connectivity index (χ4v) is 9.01. The molecule has 0 atom stereocenters. The molecule has 2 heterocycles. The molecule has 0 saturated heterocycles. The van der Waals surface area contributed by atoms with E-state index in [2.05, 4.69) is 233 Å². The van der Waals surface area contributed by atoms with Crippen molar-refractivity contribution >= 4 is 75.5 Å². The van der Waals surface area contributed by atoms with Crippen molar-refractivity contribution in [2.24, 2.45) is 0 Å². The summed E-state index contributed by atoms with van der Waals surface area (Å²) in [5.74, 6) is 0. The number of halogens is 2. The van der Waals surface area contributed by atoms with Gasteiger partial charge in [-0.05, 0) is 160 Å². The molecule has 286 valence electrons. The van der Waals surface area contributed by atoms with Crippen LogP contribution in [0.1, 0.15) is 105 Å². The van der Waals surface area contributed by atoms with Crippen molar-refractivity contribution in [1.82, 2.24) is 9.13 Å². The summed E-state index contributed by atoms with van der Waals surface area (Å²) in [7, 11) is 0. The van der Waals surface area contributed by atoms with Crippen LogP contribution in [0.5, 0.6) is 0 Å². The van der Waals surface area contributed by atoms with Gasteiger partial charge in [-0.15, -0.1) is 0 Å². The van der Waals surface area contributed by atoms with Crippen LogP contribution >= 0.6 is 31.9 Å². The van der Waals surface area contributed by atoms with Gasteiger partial charge in [0.15, 0.2) is 0 Å². The minimum atomic E-state index is 0.0458. The Hall–Kier alpha value is -4.12. The molecule has 4 heteroatoms. The van der Waals surface area contributed by atoms with E-state index >= 15 is 0 Å². The average molecular weight is 867 g/mol. The van der Waals surface area contributed by atoms with Gasteiger partial charge >= 0.3 is 0 Å². The third kappa shape index (κ3) is 6.65. The molecular weight excluding hydrogens is 812 g/mol. The number of hydrogen-bond donors (Lipinski definition) is 0. The normalized spacial score (nSPS) is 13.2. The molecule has 0 aliphatic carbocycles. The standard InChI is InChI=1S/C52H54Br2N2/c1-49(2,3)33-15-21-43-37(27-33)38-28-34(50(4,5)6)16-22-44(38)55(43)47-25-31(13-19-41(47)53)32-14-20-42(54)48(26-32)56-45-23-17-35(51(7,8)9)29-39(45)40-30-36(52(10,11)12)18-24-46(40)56/h13-30H,1-12H3. The second-order valence-electron chi connectivity index (χ2n) is 19.9. The predicted molar refractivity (Wildman–Crippen MR) is 251 cm³/mol. The molecular formula is C52H54Br2N2. The quantitative estimate of drug-likeness (QED) is 0.167. The third-order valence-electron chi connectivity index (χ3n) is 11.7. The molecule has 56 heavy (non-hydrogen) atoms. The fourth-order valence-electron chi connectivity index (χ4n) is 8.16. The molecule has 0 unspecified atom stereocenters. The van der Waals surface area contributed by atoms with Crippen molar-refractivity contribution in [2.45, 2.75) is 105 Å². The molecule has 0 spiro atoms. The van der Waals surface area contributed by atoms with Gasteiger partial charge in [-0.1, -0.05) is 119 Å². The first-order valence-electron chi connectivity index (χ1n) is 19.9. The van der Waals surface area contributed by atoms with Crippen molar-refractivity contribution in [3.05, 3.63) is 140 Å². The van der Waals surface area contributed by atoms with E-state index in [0.717, 1.165) is 31.4 Å². The van der Waals surface area contributed by atoms with Crippen LogP contribution in [0.15, 0.2) is 118 Å². The van der Waals surface area contributed by atoms with Crippen molar-refractivity contribution in [1.29, 1.82) is 0 Å². The first-order chi connectivity index (χ1) is 26.1. The van der Waals surface area contributed by atoms with Crippen molar-refractivity contribution in [3.8, 4) is 22.5 Å². The molecule has 8 aromatic rings. The summed E-state index contributed by atoms with van der Waals surface area (Å²) < 4.78 is 7.01. The van der Waals surface area contributed by atoms with Crippen LogP contribution in [0.2, 0.25) is 0 Å². The van der Waals surface area contributed by atoms with Crippen LogP contribution in [0.4, 0.5) is 0 Å². The van der Waals surface area contributed by atoms with E-state index in [-0.39, 0.29) is 21.7 Å². The van der Waals surface area contributed by atoms with E-state index in [9.17, 15) is 0 Å². The van der Waals surface area contributed by atoms with Crippen molar-refractivity contribution in [3.63, 3.8) is 0 Å². The highest BCUT2D eigenvalue weighted by Gasteiger charge is 2.24. The maximum absolute atomic E-state index is 4.01. The Balaban J connectivity index is 1.34. The number of benzene rings is 6. The monoisotopic (exact) mass is 864 g/mol. The molecule has 0 aliphatic rings. The van der Waals surface area contributed by atoms with Gasteiger partial charge in [0, 0.05) is 30.5 Å². The van der Waals surface area contributed by atoms with Gasteiger partial charge in [-0.2, -0.15) is 0 Å². The van der Waals surface area contributed by atoms with Crippen LogP contribution in [0.25, 0.3) is 66.1 Å². The Morgan fingerprint density at radius 2 is 0.571 bits per heavy atom. The maximum Gasteiger partial charge on any atom is 0.0610 e. The Morgan fingerprint density at radius 3 is 0.804 bits per heavy atom. The van der Waals surface area contributed by atoms with Crippen molar-refractivity contribution in [2.75, 3.05) is 0 Å². The topological polar surface area (TPSA) is 9.86 Å². The molecule has 0 saturated carbocycles. The van der Waals surface area contributed by atoms with E-state index in [4.69, 9.17) is 0 Å². The largest absolute Gasteiger partial charge is 0.308 e. The highest BCUT2D eigenvalue weighted by Crippen LogP contribution is 2.43. The number of nitrogens with zero attached hydrogens (tertiary/aromatic N) is 2. The zero-order valence-electron chi connectivity index (χ0n) is 35.0. The number of hydrogen-bond acceptors (Lipinski definition) is 0. The minimum absolute atomic E-state index is 0.0458. The molecule has 0 bridgehead atoms. The van der Waals surface area contributed by atoms with Gasteiger partial charge < -0.3 is 9.13 Å². The molecule has 0 amide bonds. The highest BCUT2D eigenvalue weighted by atomic mass is 79.9. The Morgan fingerprint density at radius 1 is 0.321 bits per heavy atom. The van der Waals surface area contributed by atoms with Gasteiger partial charge in [-0.3, -0.25) is 0 Å². The van der Waals surface area contributed by atoms with E-state index in [1.165, 1.54) is 65.9 Å². The van der Waals surface area contributed by atoms with Crippen LogP contribution in [-0.4, -0.2) is 9.13 Å². The first kappa shape index (κ1) is 38.7. The summed E-state index contributed by atoms with van der Waals surface area (Å²) in [6, 6.07) is 41.8. The summed E-state index contributed by atoms with van der Waals surface area (Å²) in [4.78, 5) is 0. The summed E-state index contributed by atoms with van der Waals surface area (Å²) in [6.45, 7) is 27.6. The smallest absolute Gasteiger partial charge is 0.0610 e. The van der Waals surface area contributed by atoms with E-state index in [0.29, 0.717) is 0 Å². The zero-order chi connectivity index (χ0) is 40.3. The third-order valence-corrected chi connectivity index (χ3v) is 13.0. The Bertz CT molecular complexity index is 2510. The van der Waals surface area contributed by atoms with Gasteiger partial charge in [-0.25, -0.2) is 0 Å². The lowest BCUT2D eigenvalue weighted by Crippen LogP contribution is -2.10. The summed E-state index contributed by atoms with van der Waals surface area (Å²) in [6.07, 6.45) is 0. The summed E-state index contributed by atoms with van der Waals surface area (Å²) in [5.41, 5.74) is 15.0. The SMILES string of the molecule is CC(C)(C)c1ccc2c(c1)c1cc(C(C)(C)C)ccc1n2-c1cc(-c2ccc(Br)c(-n3c4ccc(C(C)(C)C)cc4c4cc(C(C)(C)C)ccc43)c2)ccc1Br. The minimum Gasteiger partial charge on any atom is -0.308 e. The second-order valence-corrected chi connectivity index (χ2v) is 21.6. The number of rotatable bonds is 3. The van der Waals surface area contributed by atoms with E-state index < -0.39 is 0 Å². The molecule has 0 N–H and O–H groups in total. The second kappa shape index (κ2) is 13.2. The molecule has 0 fully saturated rings. The first-order valence-corrected chi connectivity index (χ1v) is 21.5. The van der Waals surface area contributed by atoms with E-state index in [1.54, 1.807) is 0 Å². The Labute approximate surface area is 350 Å². The number of aromatic nitrogens is 2. The van der Waals surface area contributed by atoms with Gasteiger partial charge in [0.2, 0.25) is 0 Å². The van der Waals surface area contributed by atoms with Crippen LogP contribution in [0, 0.1) is 0 Å². The molecule has 6 aromatic carbocycles. The lowest BCUT2D eigenvalue weighted by molar-refractivity contribution is 0.590. The summed E-state index contributed by atoms with van der Waals surface area (Å²) >= 11 is 8.01. The predicted octanol–water partition coefficient (Wildman–Crippen LogP) is 16.3. The van der Waals surface area contributed by atoms with E-state index in [1.807, 2.05) is 0 Å². The van der Waals surface area contributed by atoms with Gasteiger partial charge in [0.25, 0.3) is 0 Å². The lowest BCUT2D eigenvalue weighted by Gasteiger charge is -2.19. The molecule has 2 nitrogen and oxygen atoms in total. The van der Waals surface area contributed by atoms with Crippen LogP contribution in [0.3, 0.4) is 0 Å². The zero-order valence-corrected chi connectivity index (χ0v) is 38.2. The summed E-state index contributed by atoms with van der Waals surface area (Å²) in [5, 5.41) is 5.16. The van der Waals surface area contributed by atoms with Crippen LogP contribution in [-0.2, 0) is 21.7 Å². The molecule has 8 rings (SSSR count). The maximum atomic E-state index is 4.01. The molecule has 0 aliphatic heterocycles. The fraction of sp³-hybridized carbons (Fsp3) is 0.308. The van der Waals surface area contributed by atoms with Gasteiger partial charge in [0.05, 0.1) is 33.4 Å². The molecule has 0 radical (unpaired) electrons. The molecule has 2 aromatic heterocycles. The Kier molecular flexibility index (Phi) is 9.14. The van der Waals surface area contributed by atoms with Crippen molar-refractivity contribution < 1.29 is 0 Å². The highest BCUT2D eigenvalue weighted by molar-refractivity contribution is 9.11. The average Bonchev–Trinajstić information content (AvgIpc) is 3.62. The van der Waals surface area contributed by atoms with Gasteiger partial charge in [0.1, 0.15) is 0 Å².